The zero-order chi connectivity index (χ0) is 22.4. The summed E-state index contributed by atoms with van der Waals surface area (Å²) in [5, 5.41) is 2.83. The molecule has 0 spiro atoms. The fourth-order valence-electron chi connectivity index (χ4n) is 2.94. The second kappa shape index (κ2) is 9.96. The first-order chi connectivity index (χ1) is 14.7. The van der Waals surface area contributed by atoms with Gasteiger partial charge >= 0.3 is 0 Å². The van der Waals surface area contributed by atoms with E-state index in [1.807, 2.05) is 55.5 Å². The Morgan fingerprint density at radius 3 is 2.45 bits per heavy atom. The fourth-order valence-corrected chi connectivity index (χ4v) is 4.50. The highest BCUT2D eigenvalue weighted by molar-refractivity contribution is 7.89. The van der Waals surface area contributed by atoms with Gasteiger partial charge in [-0.05, 0) is 55.3 Å². The minimum atomic E-state index is -3.79. The zero-order valence-corrected chi connectivity index (χ0v) is 18.7. The van der Waals surface area contributed by atoms with Gasteiger partial charge in [0.2, 0.25) is 10.0 Å². The lowest BCUT2D eigenvalue weighted by molar-refractivity contribution is -0.118. The highest BCUT2D eigenvalue weighted by Gasteiger charge is 2.20. The SMILES string of the molecule is Cc1cccc(NC(=O)COc2ccc(S(=O)(=O)NC(C)c3ccccc3)cc2Cl)c1. The molecular weight excluding hydrogens is 436 g/mol. The van der Waals surface area contributed by atoms with E-state index in [0.29, 0.717) is 5.69 Å². The van der Waals surface area contributed by atoms with E-state index >= 15 is 0 Å². The highest BCUT2D eigenvalue weighted by atomic mass is 35.5. The van der Waals surface area contributed by atoms with Gasteiger partial charge in [0.1, 0.15) is 5.75 Å². The summed E-state index contributed by atoms with van der Waals surface area (Å²) in [5.74, 6) is -0.132. The number of hydrogen-bond donors (Lipinski definition) is 2. The van der Waals surface area contributed by atoms with Crippen molar-refractivity contribution < 1.29 is 17.9 Å². The van der Waals surface area contributed by atoms with Crippen molar-refractivity contribution in [2.24, 2.45) is 0 Å². The molecule has 2 N–H and O–H groups in total. The Kier molecular flexibility index (Phi) is 7.33. The number of carbonyl (C=O) groups is 1. The Morgan fingerprint density at radius 2 is 1.77 bits per heavy atom. The normalized spacial score (nSPS) is 12.2. The van der Waals surface area contributed by atoms with Gasteiger partial charge in [0, 0.05) is 11.7 Å². The number of aryl methyl sites for hydroxylation is 1. The molecule has 8 heteroatoms. The number of rotatable bonds is 8. The van der Waals surface area contributed by atoms with E-state index in [1.54, 1.807) is 13.0 Å². The Morgan fingerprint density at radius 1 is 1.03 bits per heavy atom. The number of benzene rings is 3. The monoisotopic (exact) mass is 458 g/mol. The van der Waals surface area contributed by atoms with Gasteiger partial charge in [0.15, 0.2) is 6.61 Å². The predicted molar refractivity (Wildman–Crippen MR) is 122 cm³/mol. The molecule has 0 bridgehead atoms. The molecule has 0 saturated heterocycles. The van der Waals surface area contributed by atoms with Gasteiger partial charge < -0.3 is 10.1 Å². The van der Waals surface area contributed by atoms with Crippen molar-refractivity contribution in [3.05, 3.63) is 88.9 Å². The molecule has 0 fully saturated rings. The van der Waals surface area contributed by atoms with Crippen molar-refractivity contribution in [2.45, 2.75) is 24.8 Å². The molecule has 6 nitrogen and oxygen atoms in total. The van der Waals surface area contributed by atoms with Crippen LogP contribution in [0.1, 0.15) is 24.1 Å². The maximum absolute atomic E-state index is 12.7. The molecule has 31 heavy (non-hydrogen) atoms. The lowest BCUT2D eigenvalue weighted by atomic mass is 10.1. The van der Waals surface area contributed by atoms with Crippen LogP contribution in [0.4, 0.5) is 5.69 Å². The van der Waals surface area contributed by atoms with E-state index in [2.05, 4.69) is 10.0 Å². The van der Waals surface area contributed by atoms with Gasteiger partial charge in [-0.15, -0.1) is 0 Å². The van der Waals surface area contributed by atoms with Crippen LogP contribution in [0.5, 0.6) is 5.75 Å². The molecule has 0 radical (unpaired) electrons. The lowest BCUT2D eigenvalue weighted by Gasteiger charge is -2.15. The van der Waals surface area contributed by atoms with Crippen molar-refractivity contribution >= 4 is 33.2 Å². The van der Waals surface area contributed by atoms with E-state index in [1.165, 1.54) is 18.2 Å². The minimum absolute atomic E-state index is 0.0110. The molecule has 3 aromatic rings. The highest BCUT2D eigenvalue weighted by Crippen LogP contribution is 2.28. The number of ether oxygens (including phenoxy) is 1. The summed E-state index contributed by atoms with van der Waals surface area (Å²) < 4.78 is 33.5. The van der Waals surface area contributed by atoms with Crippen LogP contribution in [0.15, 0.2) is 77.7 Å². The van der Waals surface area contributed by atoms with Crippen LogP contribution in [0.3, 0.4) is 0 Å². The zero-order valence-electron chi connectivity index (χ0n) is 17.1. The largest absolute Gasteiger partial charge is 0.482 e. The number of carbonyl (C=O) groups excluding carboxylic acids is 1. The van der Waals surface area contributed by atoms with Crippen LogP contribution in [-0.4, -0.2) is 20.9 Å². The van der Waals surface area contributed by atoms with Crippen LogP contribution in [0, 0.1) is 6.92 Å². The second-order valence-corrected chi connectivity index (χ2v) is 9.17. The molecule has 1 amide bonds. The first kappa shape index (κ1) is 22.8. The molecule has 0 aromatic heterocycles. The topological polar surface area (TPSA) is 84.5 Å². The number of sulfonamides is 1. The van der Waals surface area contributed by atoms with Crippen molar-refractivity contribution in [1.29, 1.82) is 0 Å². The summed E-state index contributed by atoms with van der Waals surface area (Å²) in [6.07, 6.45) is 0. The number of nitrogens with one attached hydrogen (secondary N) is 2. The Balaban J connectivity index is 1.63. The summed E-state index contributed by atoms with van der Waals surface area (Å²) in [4.78, 5) is 12.1. The van der Waals surface area contributed by atoms with Gasteiger partial charge in [-0.2, -0.15) is 0 Å². The lowest BCUT2D eigenvalue weighted by Crippen LogP contribution is -2.27. The smallest absolute Gasteiger partial charge is 0.262 e. The standard InChI is InChI=1S/C23H23ClN2O4S/c1-16-7-6-10-19(13-16)25-23(27)15-30-22-12-11-20(14-21(22)24)31(28,29)26-17(2)18-8-4-3-5-9-18/h3-14,17,26H,15H2,1-2H3,(H,25,27). The number of halogens is 1. The Labute approximate surface area is 187 Å². The van der Waals surface area contributed by atoms with Crippen molar-refractivity contribution in [3.8, 4) is 5.75 Å². The maximum atomic E-state index is 12.7. The molecule has 3 aromatic carbocycles. The van der Waals surface area contributed by atoms with Crippen molar-refractivity contribution in [2.75, 3.05) is 11.9 Å². The molecule has 3 rings (SSSR count). The fraction of sp³-hybridized carbons (Fsp3) is 0.174. The quantitative estimate of drug-likeness (QED) is 0.512. The van der Waals surface area contributed by atoms with Gasteiger partial charge in [0.05, 0.1) is 9.92 Å². The molecular formula is C23H23ClN2O4S. The summed E-state index contributed by atoms with van der Waals surface area (Å²) in [6, 6.07) is 20.4. The average Bonchev–Trinajstić information content (AvgIpc) is 2.73. The third-order valence-corrected chi connectivity index (χ3v) is 6.34. The van der Waals surface area contributed by atoms with Gasteiger partial charge in [-0.1, -0.05) is 54.1 Å². The predicted octanol–water partition coefficient (Wildman–Crippen LogP) is 4.71. The molecule has 0 heterocycles. The van der Waals surface area contributed by atoms with Gasteiger partial charge in [0.25, 0.3) is 5.91 Å². The molecule has 1 atom stereocenters. The van der Waals surface area contributed by atoms with Crippen molar-refractivity contribution in [3.63, 3.8) is 0 Å². The third kappa shape index (κ3) is 6.30. The van der Waals surface area contributed by atoms with Crippen LogP contribution in [-0.2, 0) is 14.8 Å². The molecule has 0 aliphatic rings. The second-order valence-electron chi connectivity index (χ2n) is 7.05. The average molecular weight is 459 g/mol. The van der Waals surface area contributed by atoms with Crippen LogP contribution in [0.25, 0.3) is 0 Å². The summed E-state index contributed by atoms with van der Waals surface area (Å²) in [6.45, 7) is 3.43. The maximum Gasteiger partial charge on any atom is 0.262 e. The number of anilines is 1. The van der Waals surface area contributed by atoms with Gasteiger partial charge in [-0.25, -0.2) is 13.1 Å². The number of amides is 1. The van der Waals surface area contributed by atoms with E-state index < -0.39 is 16.1 Å². The Bertz CT molecular complexity index is 1170. The van der Waals surface area contributed by atoms with Crippen LogP contribution >= 0.6 is 11.6 Å². The molecule has 1 unspecified atom stereocenters. The summed E-state index contributed by atoms with van der Waals surface area (Å²) in [7, 11) is -3.79. The third-order valence-electron chi connectivity index (χ3n) is 4.51. The first-order valence-electron chi connectivity index (χ1n) is 9.61. The van der Waals surface area contributed by atoms with Crippen LogP contribution < -0.4 is 14.8 Å². The first-order valence-corrected chi connectivity index (χ1v) is 11.5. The van der Waals surface area contributed by atoms with Gasteiger partial charge in [-0.3, -0.25) is 4.79 Å². The summed E-state index contributed by atoms with van der Waals surface area (Å²) >= 11 is 6.20. The molecule has 0 aliphatic heterocycles. The molecule has 0 aliphatic carbocycles. The van der Waals surface area contributed by atoms with E-state index in [0.717, 1.165) is 11.1 Å². The van der Waals surface area contributed by atoms with Crippen LogP contribution in [0.2, 0.25) is 5.02 Å². The number of hydrogen-bond acceptors (Lipinski definition) is 4. The molecule has 0 saturated carbocycles. The van der Waals surface area contributed by atoms with E-state index in [9.17, 15) is 13.2 Å². The van der Waals surface area contributed by atoms with E-state index in [-0.39, 0.29) is 28.2 Å². The molecule has 162 valence electrons. The van der Waals surface area contributed by atoms with E-state index in [4.69, 9.17) is 16.3 Å². The van der Waals surface area contributed by atoms with Crippen molar-refractivity contribution in [1.82, 2.24) is 4.72 Å². The summed E-state index contributed by atoms with van der Waals surface area (Å²) in [5.41, 5.74) is 2.53. The minimum Gasteiger partial charge on any atom is -0.482 e. The Hall–Kier alpha value is -2.87.